The van der Waals surface area contributed by atoms with E-state index in [0.717, 1.165) is 11.4 Å². The van der Waals surface area contributed by atoms with Crippen molar-refractivity contribution < 1.29 is 17.5 Å². The molecule has 2 aromatic carbocycles. The summed E-state index contributed by atoms with van der Waals surface area (Å²) in [7, 11) is -3.61. The number of ether oxygens (including phenoxy) is 1. The van der Waals surface area contributed by atoms with E-state index in [9.17, 15) is 12.8 Å². The summed E-state index contributed by atoms with van der Waals surface area (Å²) in [6.07, 6.45) is 0.125. The summed E-state index contributed by atoms with van der Waals surface area (Å²) in [5, 5.41) is 0. The van der Waals surface area contributed by atoms with Gasteiger partial charge in [0.05, 0.1) is 11.0 Å². The Hall–Kier alpha value is -2.12. The highest BCUT2D eigenvalue weighted by atomic mass is 32.2. The van der Waals surface area contributed by atoms with Gasteiger partial charge in [0.1, 0.15) is 11.6 Å². The highest BCUT2D eigenvalue weighted by Gasteiger charge is 2.29. The lowest BCUT2D eigenvalue weighted by Gasteiger charge is -2.35. The van der Waals surface area contributed by atoms with E-state index in [0.29, 0.717) is 31.7 Å². The minimum absolute atomic E-state index is 0.125. The van der Waals surface area contributed by atoms with E-state index >= 15 is 0 Å². The van der Waals surface area contributed by atoms with Crippen LogP contribution in [0.4, 0.5) is 10.1 Å². The first kappa shape index (κ1) is 19.6. The van der Waals surface area contributed by atoms with Gasteiger partial charge in [-0.05, 0) is 68.8 Å². The number of piperazine rings is 1. The number of rotatable bonds is 5. The van der Waals surface area contributed by atoms with E-state index in [1.54, 1.807) is 6.92 Å². The van der Waals surface area contributed by atoms with Gasteiger partial charge in [-0.1, -0.05) is 0 Å². The van der Waals surface area contributed by atoms with Gasteiger partial charge < -0.3 is 9.64 Å². The van der Waals surface area contributed by atoms with Gasteiger partial charge in [-0.15, -0.1) is 0 Å². The third-order valence-corrected chi connectivity index (χ3v) is 6.47. The second-order valence-electron chi connectivity index (χ2n) is 6.96. The molecule has 3 rings (SSSR count). The predicted molar refractivity (Wildman–Crippen MR) is 104 cm³/mol. The van der Waals surface area contributed by atoms with E-state index in [1.165, 1.54) is 22.5 Å². The zero-order valence-electron chi connectivity index (χ0n) is 15.9. The summed E-state index contributed by atoms with van der Waals surface area (Å²) in [6.45, 7) is 7.52. The fourth-order valence-electron chi connectivity index (χ4n) is 3.12. The van der Waals surface area contributed by atoms with Crippen LogP contribution in [0.25, 0.3) is 0 Å². The molecule has 1 heterocycles. The van der Waals surface area contributed by atoms with Crippen LogP contribution in [0.5, 0.6) is 5.75 Å². The molecule has 0 aliphatic carbocycles. The molecular formula is C20H25FN2O3S. The van der Waals surface area contributed by atoms with Crippen LogP contribution in [-0.4, -0.2) is 45.0 Å². The average Bonchev–Trinajstić information content (AvgIpc) is 2.64. The highest BCUT2D eigenvalue weighted by molar-refractivity contribution is 7.89. The zero-order valence-corrected chi connectivity index (χ0v) is 16.7. The minimum atomic E-state index is -3.61. The molecule has 0 unspecified atom stereocenters. The zero-order chi connectivity index (χ0) is 19.6. The first-order valence-electron chi connectivity index (χ1n) is 9.05. The fraction of sp³-hybridized carbons (Fsp3) is 0.400. The maximum Gasteiger partial charge on any atom is 0.243 e. The lowest BCUT2D eigenvalue weighted by molar-refractivity contribution is 0.242. The number of nitrogens with zero attached hydrogens (tertiary/aromatic N) is 2. The number of anilines is 1. The molecule has 5 nitrogen and oxygen atoms in total. The van der Waals surface area contributed by atoms with Crippen molar-refractivity contribution in [3.63, 3.8) is 0 Å². The third kappa shape index (κ3) is 4.42. The molecule has 1 aliphatic heterocycles. The van der Waals surface area contributed by atoms with Gasteiger partial charge in [-0.3, -0.25) is 0 Å². The molecule has 7 heteroatoms. The predicted octanol–water partition coefficient (Wildman–Crippen LogP) is 3.43. The number of halogens is 1. The summed E-state index contributed by atoms with van der Waals surface area (Å²) < 4.78 is 46.2. The molecule has 0 N–H and O–H groups in total. The summed E-state index contributed by atoms with van der Waals surface area (Å²) in [5.74, 6) is 0.422. The Bertz CT molecular complexity index is 890. The van der Waals surface area contributed by atoms with Crippen molar-refractivity contribution in [2.45, 2.75) is 31.8 Å². The number of hydrogen-bond donors (Lipinski definition) is 0. The topological polar surface area (TPSA) is 49.9 Å². The molecule has 0 bridgehead atoms. The van der Waals surface area contributed by atoms with E-state index < -0.39 is 15.8 Å². The summed E-state index contributed by atoms with van der Waals surface area (Å²) in [4.78, 5) is 2.30. The number of sulfonamides is 1. The largest absolute Gasteiger partial charge is 0.491 e. The monoisotopic (exact) mass is 392 g/mol. The summed E-state index contributed by atoms with van der Waals surface area (Å²) in [5.41, 5.74) is 1.37. The van der Waals surface area contributed by atoms with Crippen molar-refractivity contribution >= 4 is 15.7 Å². The number of benzene rings is 2. The maximum absolute atomic E-state index is 13.4. The van der Waals surface area contributed by atoms with Crippen LogP contribution >= 0.6 is 0 Å². The van der Waals surface area contributed by atoms with Crippen molar-refractivity contribution in [2.24, 2.45) is 0 Å². The molecule has 27 heavy (non-hydrogen) atoms. The lowest BCUT2D eigenvalue weighted by Crippen LogP contribution is -2.48. The van der Waals surface area contributed by atoms with Gasteiger partial charge in [-0.2, -0.15) is 4.31 Å². The van der Waals surface area contributed by atoms with Crippen LogP contribution in [0.1, 0.15) is 19.4 Å². The molecule has 1 fully saturated rings. The van der Waals surface area contributed by atoms with Crippen molar-refractivity contribution in [3.05, 3.63) is 53.8 Å². The summed E-state index contributed by atoms with van der Waals surface area (Å²) in [6, 6.07) is 11.8. The second-order valence-corrected chi connectivity index (χ2v) is 8.90. The van der Waals surface area contributed by atoms with Gasteiger partial charge in [0.2, 0.25) is 10.0 Å². The molecule has 146 valence electrons. The normalized spacial score (nSPS) is 16.0. The third-order valence-electron chi connectivity index (χ3n) is 4.58. The SMILES string of the molecule is Cc1cc(S(=O)(=O)N2CCN(c3ccc(OC(C)C)cc3)CC2)ccc1F. The van der Waals surface area contributed by atoms with Crippen LogP contribution < -0.4 is 9.64 Å². The van der Waals surface area contributed by atoms with E-state index in [1.807, 2.05) is 38.1 Å². The van der Waals surface area contributed by atoms with Crippen LogP contribution in [0, 0.1) is 12.7 Å². The Labute approximate surface area is 160 Å². The molecule has 0 atom stereocenters. The van der Waals surface area contributed by atoms with Crippen LogP contribution in [-0.2, 0) is 10.0 Å². The molecule has 1 aliphatic rings. The van der Waals surface area contributed by atoms with E-state index in [-0.39, 0.29) is 11.0 Å². The Balaban J connectivity index is 1.66. The number of aryl methyl sites for hydroxylation is 1. The molecule has 0 saturated carbocycles. The highest BCUT2D eigenvalue weighted by Crippen LogP contribution is 2.24. The van der Waals surface area contributed by atoms with E-state index in [4.69, 9.17) is 4.74 Å². The minimum Gasteiger partial charge on any atom is -0.491 e. The molecule has 0 aromatic heterocycles. The Morgan fingerprint density at radius 3 is 2.19 bits per heavy atom. The van der Waals surface area contributed by atoms with Crippen molar-refractivity contribution in [3.8, 4) is 5.75 Å². The molecular weight excluding hydrogens is 367 g/mol. The van der Waals surface area contributed by atoms with Crippen LogP contribution in [0.3, 0.4) is 0 Å². The molecule has 2 aromatic rings. The quantitative estimate of drug-likeness (QED) is 0.782. The van der Waals surface area contributed by atoms with Crippen LogP contribution in [0.2, 0.25) is 0 Å². The second kappa shape index (κ2) is 7.86. The number of hydrogen-bond acceptors (Lipinski definition) is 4. The standard InChI is InChI=1S/C20H25FN2O3S/c1-15(2)26-18-6-4-17(5-7-18)22-10-12-23(13-11-22)27(24,25)19-8-9-20(21)16(3)14-19/h4-9,14-15H,10-13H2,1-3H3. The lowest BCUT2D eigenvalue weighted by atomic mass is 10.2. The molecule has 0 radical (unpaired) electrons. The Kier molecular flexibility index (Phi) is 5.72. The van der Waals surface area contributed by atoms with E-state index in [2.05, 4.69) is 4.90 Å². The van der Waals surface area contributed by atoms with Crippen molar-refractivity contribution in [2.75, 3.05) is 31.1 Å². The van der Waals surface area contributed by atoms with Crippen molar-refractivity contribution in [1.29, 1.82) is 0 Å². The smallest absolute Gasteiger partial charge is 0.243 e. The van der Waals surface area contributed by atoms with Gasteiger partial charge in [0, 0.05) is 31.9 Å². The van der Waals surface area contributed by atoms with Gasteiger partial charge >= 0.3 is 0 Å². The molecule has 1 saturated heterocycles. The maximum atomic E-state index is 13.4. The fourth-order valence-corrected chi connectivity index (χ4v) is 4.63. The average molecular weight is 392 g/mol. The van der Waals surface area contributed by atoms with Gasteiger partial charge in [0.15, 0.2) is 0 Å². The van der Waals surface area contributed by atoms with Gasteiger partial charge in [-0.25, -0.2) is 12.8 Å². The van der Waals surface area contributed by atoms with Crippen molar-refractivity contribution in [1.82, 2.24) is 4.31 Å². The Morgan fingerprint density at radius 2 is 1.63 bits per heavy atom. The molecule has 0 spiro atoms. The Morgan fingerprint density at radius 1 is 1.00 bits per heavy atom. The first-order chi connectivity index (χ1) is 12.8. The molecule has 0 amide bonds. The van der Waals surface area contributed by atoms with Gasteiger partial charge in [0.25, 0.3) is 0 Å². The van der Waals surface area contributed by atoms with Crippen LogP contribution in [0.15, 0.2) is 47.4 Å². The summed E-state index contributed by atoms with van der Waals surface area (Å²) >= 11 is 0. The first-order valence-corrected chi connectivity index (χ1v) is 10.5.